The molecular formula is C14H12IN3O. The number of benzene rings is 2. The topological polar surface area (TPSA) is 67.5 Å². The number of nitrogens with one attached hydrogen (secondary N) is 1. The molecule has 4 nitrogen and oxygen atoms in total. The third-order valence-corrected chi connectivity index (χ3v) is 3.46. The number of carbonyl (C=O) groups excluding carboxylic acids is 1. The number of para-hydroxylation sites is 1. The molecule has 96 valence electrons. The minimum absolute atomic E-state index is 0.319. The molecule has 5 heteroatoms. The molecule has 19 heavy (non-hydrogen) atoms. The second-order valence-corrected chi connectivity index (χ2v) is 4.97. The molecule has 0 atom stereocenters. The molecule has 1 amide bonds. The van der Waals surface area contributed by atoms with Gasteiger partial charge in [-0.2, -0.15) is 5.10 Å². The van der Waals surface area contributed by atoms with E-state index in [0.717, 1.165) is 9.13 Å². The van der Waals surface area contributed by atoms with Gasteiger partial charge in [-0.25, -0.2) is 5.43 Å². The van der Waals surface area contributed by atoms with Gasteiger partial charge in [-0.05, 0) is 40.8 Å². The maximum absolute atomic E-state index is 11.8. The lowest BCUT2D eigenvalue weighted by Gasteiger charge is -2.03. The van der Waals surface area contributed by atoms with Crippen molar-refractivity contribution in [2.24, 2.45) is 5.10 Å². The van der Waals surface area contributed by atoms with Crippen molar-refractivity contribution >= 4 is 40.4 Å². The molecule has 3 N–H and O–H groups in total. The van der Waals surface area contributed by atoms with Crippen LogP contribution in [0.15, 0.2) is 53.6 Å². The minimum atomic E-state index is -0.319. The second-order valence-electron chi connectivity index (χ2n) is 3.81. The van der Waals surface area contributed by atoms with Crippen molar-refractivity contribution in [3.8, 4) is 0 Å². The Morgan fingerprint density at radius 1 is 1.16 bits per heavy atom. The van der Waals surface area contributed by atoms with Gasteiger partial charge in [-0.15, -0.1) is 0 Å². The van der Waals surface area contributed by atoms with Crippen LogP contribution in [0.2, 0.25) is 0 Å². The van der Waals surface area contributed by atoms with Crippen LogP contribution in [0.5, 0.6) is 0 Å². The fourth-order valence-electron chi connectivity index (χ4n) is 1.50. The lowest BCUT2D eigenvalue weighted by atomic mass is 10.2. The Hall–Kier alpha value is -1.89. The average molecular weight is 365 g/mol. The van der Waals surface area contributed by atoms with E-state index in [2.05, 4.69) is 33.1 Å². The number of carbonyl (C=O) groups is 1. The number of nitrogens with two attached hydrogens (primary N) is 1. The quantitative estimate of drug-likeness (QED) is 0.380. The van der Waals surface area contributed by atoms with Crippen LogP contribution in [0.25, 0.3) is 0 Å². The zero-order chi connectivity index (χ0) is 13.7. The molecule has 0 radical (unpaired) electrons. The zero-order valence-electron chi connectivity index (χ0n) is 10.0. The van der Waals surface area contributed by atoms with Crippen LogP contribution in [0, 0.1) is 3.57 Å². The summed E-state index contributed by atoms with van der Waals surface area (Å²) in [4.78, 5) is 11.8. The third kappa shape index (κ3) is 3.54. The average Bonchev–Trinajstić information content (AvgIpc) is 2.41. The summed E-state index contributed by atoms with van der Waals surface area (Å²) in [5, 5.41) is 3.93. The first kappa shape index (κ1) is 13.5. The predicted octanol–water partition coefficient (Wildman–Crippen LogP) is 2.64. The molecule has 0 aliphatic carbocycles. The van der Waals surface area contributed by atoms with Crippen molar-refractivity contribution in [1.82, 2.24) is 5.43 Å². The Balaban J connectivity index is 2.06. The van der Waals surface area contributed by atoms with Gasteiger partial charge in [0.25, 0.3) is 5.91 Å². The molecule has 2 aromatic rings. The zero-order valence-corrected chi connectivity index (χ0v) is 12.2. The van der Waals surface area contributed by atoms with Crippen molar-refractivity contribution in [2.45, 2.75) is 0 Å². The van der Waals surface area contributed by atoms with Crippen molar-refractivity contribution in [1.29, 1.82) is 0 Å². The number of halogens is 1. The highest BCUT2D eigenvalue weighted by atomic mass is 127. The summed E-state index contributed by atoms with van der Waals surface area (Å²) in [5.41, 5.74) is 9.98. The van der Waals surface area contributed by atoms with E-state index in [0.29, 0.717) is 11.3 Å². The lowest BCUT2D eigenvalue weighted by molar-refractivity contribution is 0.0956. The van der Waals surface area contributed by atoms with Gasteiger partial charge in [0.2, 0.25) is 0 Å². The normalized spacial score (nSPS) is 10.6. The van der Waals surface area contributed by atoms with E-state index in [9.17, 15) is 4.79 Å². The molecule has 0 aliphatic heterocycles. The minimum Gasteiger partial charge on any atom is -0.398 e. The predicted molar refractivity (Wildman–Crippen MR) is 85.1 cm³/mol. The smallest absolute Gasteiger partial charge is 0.273 e. The maximum Gasteiger partial charge on any atom is 0.273 e. The number of anilines is 1. The third-order valence-electron chi connectivity index (χ3n) is 2.48. The molecule has 0 aliphatic rings. The summed E-state index contributed by atoms with van der Waals surface area (Å²) in [6.45, 7) is 0. The van der Waals surface area contributed by atoms with E-state index in [1.807, 2.05) is 24.3 Å². The van der Waals surface area contributed by atoms with Gasteiger partial charge in [0.05, 0.1) is 11.8 Å². The summed E-state index contributed by atoms with van der Waals surface area (Å²) in [6.07, 6.45) is 1.61. The van der Waals surface area contributed by atoms with Gasteiger partial charge in [0.1, 0.15) is 0 Å². The highest BCUT2D eigenvalue weighted by molar-refractivity contribution is 14.1. The van der Waals surface area contributed by atoms with Crippen LogP contribution < -0.4 is 11.2 Å². The largest absolute Gasteiger partial charge is 0.398 e. The summed E-state index contributed by atoms with van der Waals surface area (Å²) >= 11 is 2.21. The number of nitrogens with zero attached hydrogens (tertiary/aromatic N) is 1. The highest BCUT2D eigenvalue weighted by Crippen LogP contribution is 2.10. The Kier molecular flexibility index (Phi) is 4.51. The van der Waals surface area contributed by atoms with E-state index in [1.165, 1.54) is 0 Å². The number of hydrogen-bond donors (Lipinski definition) is 2. The van der Waals surface area contributed by atoms with Gasteiger partial charge in [0.15, 0.2) is 0 Å². The maximum atomic E-state index is 11.8. The molecule has 0 fully saturated rings. The highest BCUT2D eigenvalue weighted by Gasteiger charge is 2.06. The number of nitrogen functional groups attached to an aromatic ring is 1. The van der Waals surface area contributed by atoms with E-state index in [-0.39, 0.29) is 5.91 Å². The van der Waals surface area contributed by atoms with Crippen LogP contribution in [0.1, 0.15) is 15.9 Å². The van der Waals surface area contributed by atoms with Crippen LogP contribution >= 0.6 is 22.6 Å². The molecule has 0 bridgehead atoms. The lowest BCUT2D eigenvalue weighted by Crippen LogP contribution is -2.19. The van der Waals surface area contributed by atoms with Crippen LogP contribution in [0.3, 0.4) is 0 Å². The Labute approximate surface area is 124 Å². The van der Waals surface area contributed by atoms with Crippen molar-refractivity contribution in [3.63, 3.8) is 0 Å². The fraction of sp³-hybridized carbons (Fsp3) is 0. The molecular weight excluding hydrogens is 353 g/mol. The van der Waals surface area contributed by atoms with Gasteiger partial charge < -0.3 is 5.73 Å². The Morgan fingerprint density at radius 2 is 1.84 bits per heavy atom. The first-order valence-corrected chi connectivity index (χ1v) is 6.69. The first-order valence-electron chi connectivity index (χ1n) is 5.61. The SMILES string of the molecule is Nc1ccccc1C(=O)N/N=C\c1ccccc1I. The van der Waals surface area contributed by atoms with Crippen molar-refractivity contribution < 1.29 is 4.79 Å². The molecule has 0 saturated heterocycles. The summed E-state index contributed by atoms with van der Waals surface area (Å²) in [6, 6.07) is 14.6. The number of rotatable bonds is 3. The van der Waals surface area contributed by atoms with Crippen molar-refractivity contribution in [3.05, 3.63) is 63.2 Å². The van der Waals surface area contributed by atoms with Gasteiger partial charge in [-0.1, -0.05) is 30.3 Å². The number of amides is 1. The van der Waals surface area contributed by atoms with Crippen molar-refractivity contribution in [2.75, 3.05) is 5.73 Å². The van der Waals surface area contributed by atoms with Crippen LogP contribution in [-0.2, 0) is 0 Å². The van der Waals surface area contributed by atoms with E-state index < -0.39 is 0 Å². The van der Waals surface area contributed by atoms with E-state index >= 15 is 0 Å². The molecule has 2 aromatic carbocycles. The fourth-order valence-corrected chi connectivity index (χ4v) is 2.03. The molecule has 0 aromatic heterocycles. The van der Waals surface area contributed by atoms with Gasteiger partial charge in [0, 0.05) is 14.8 Å². The monoisotopic (exact) mass is 365 g/mol. The van der Waals surface area contributed by atoms with Gasteiger partial charge >= 0.3 is 0 Å². The van der Waals surface area contributed by atoms with Crippen LogP contribution in [-0.4, -0.2) is 12.1 Å². The van der Waals surface area contributed by atoms with E-state index in [1.54, 1.807) is 30.5 Å². The summed E-state index contributed by atoms with van der Waals surface area (Å²) in [7, 11) is 0. The molecule has 0 spiro atoms. The first-order chi connectivity index (χ1) is 9.18. The summed E-state index contributed by atoms with van der Waals surface area (Å²) in [5.74, 6) is -0.319. The van der Waals surface area contributed by atoms with E-state index in [4.69, 9.17) is 5.73 Å². The molecule has 0 saturated carbocycles. The molecule has 0 heterocycles. The van der Waals surface area contributed by atoms with Crippen LogP contribution in [0.4, 0.5) is 5.69 Å². The Morgan fingerprint density at radius 3 is 2.58 bits per heavy atom. The number of hydrogen-bond acceptors (Lipinski definition) is 3. The second kappa shape index (κ2) is 6.33. The number of hydrazone groups is 1. The summed E-state index contributed by atoms with van der Waals surface area (Å²) < 4.78 is 1.07. The molecule has 2 rings (SSSR count). The Bertz CT molecular complexity index is 626. The standard InChI is InChI=1S/C14H12IN3O/c15-12-7-3-1-5-10(12)9-17-18-14(19)11-6-2-4-8-13(11)16/h1-9H,16H2,(H,18,19)/b17-9-. The van der Waals surface area contributed by atoms with Gasteiger partial charge in [-0.3, -0.25) is 4.79 Å². The molecule has 0 unspecified atom stereocenters.